The van der Waals surface area contributed by atoms with E-state index in [1.54, 1.807) is 0 Å². The molecule has 22 heavy (non-hydrogen) atoms. The van der Waals surface area contributed by atoms with Crippen molar-refractivity contribution in [2.45, 2.75) is 40.7 Å². The van der Waals surface area contributed by atoms with E-state index in [-0.39, 0.29) is 18.1 Å². The Kier molecular flexibility index (Phi) is 7.18. The SMILES string of the molecule is CCOc1ccc(CNC(=O)NCC(C)(C)CCO)cc1C. The molecule has 5 heteroatoms. The number of hydrogen-bond donors (Lipinski definition) is 3. The van der Waals surface area contributed by atoms with Gasteiger partial charge in [0.1, 0.15) is 5.75 Å². The fraction of sp³-hybridized carbons (Fsp3) is 0.588. The minimum atomic E-state index is -0.197. The van der Waals surface area contributed by atoms with Crippen LogP contribution in [0.15, 0.2) is 18.2 Å². The monoisotopic (exact) mass is 308 g/mol. The summed E-state index contributed by atoms with van der Waals surface area (Å²) in [6, 6.07) is 5.70. The molecule has 1 rings (SSSR count). The van der Waals surface area contributed by atoms with Crippen LogP contribution in [0.2, 0.25) is 0 Å². The number of benzene rings is 1. The average molecular weight is 308 g/mol. The number of urea groups is 1. The number of hydrogen-bond acceptors (Lipinski definition) is 3. The van der Waals surface area contributed by atoms with Crippen LogP contribution in [-0.2, 0) is 6.54 Å². The van der Waals surface area contributed by atoms with Gasteiger partial charge in [-0.15, -0.1) is 0 Å². The van der Waals surface area contributed by atoms with E-state index in [9.17, 15) is 4.79 Å². The van der Waals surface area contributed by atoms with Crippen molar-refractivity contribution in [1.82, 2.24) is 10.6 Å². The van der Waals surface area contributed by atoms with Gasteiger partial charge >= 0.3 is 6.03 Å². The lowest BCUT2D eigenvalue weighted by Gasteiger charge is -2.23. The molecule has 3 N–H and O–H groups in total. The van der Waals surface area contributed by atoms with Crippen LogP contribution >= 0.6 is 0 Å². The summed E-state index contributed by atoms with van der Waals surface area (Å²) < 4.78 is 5.50. The molecular weight excluding hydrogens is 280 g/mol. The molecule has 2 amide bonds. The molecule has 0 aliphatic heterocycles. The first-order valence-corrected chi connectivity index (χ1v) is 7.73. The maximum atomic E-state index is 11.8. The fourth-order valence-corrected chi connectivity index (χ4v) is 2.09. The van der Waals surface area contributed by atoms with Gasteiger partial charge in [0.2, 0.25) is 0 Å². The van der Waals surface area contributed by atoms with Crippen LogP contribution in [0, 0.1) is 12.3 Å². The molecule has 0 radical (unpaired) electrons. The fourth-order valence-electron chi connectivity index (χ4n) is 2.09. The molecule has 0 atom stereocenters. The highest BCUT2D eigenvalue weighted by Gasteiger charge is 2.17. The first-order valence-electron chi connectivity index (χ1n) is 7.73. The Labute approximate surface area is 133 Å². The van der Waals surface area contributed by atoms with Gasteiger partial charge in [-0.1, -0.05) is 26.0 Å². The van der Waals surface area contributed by atoms with Crippen molar-refractivity contribution in [3.63, 3.8) is 0 Å². The molecule has 0 bridgehead atoms. The second-order valence-corrected chi connectivity index (χ2v) is 6.21. The van der Waals surface area contributed by atoms with E-state index < -0.39 is 0 Å². The van der Waals surface area contributed by atoms with Crippen LogP contribution in [0.1, 0.15) is 38.3 Å². The molecule has 124 valence electrons. The Morgan fingerprint density at radius 2 is 2.05 bits per heavy atom. The van der Waals surface area contributed by atoms with E-state index in [0.29, 0.717) is 26.1 Å². The molecule has 5 nitrogen and oxygen atoms in total. The van der Waals surface area contributed by atoms with E-state index in [0.717, 1.165) is 16.9 Å². The quantitative estimate of drug-likeness (QED) is 0.691. The second kappa shape index (κ2) is 8.63. The van der Waals surface area contributed by atoms with Gasteiger partial charge in [-0.2, -0.15) is 0 Å². The van der Waals surface area contributed by atoms with E-state index >= 15 is 0 Å². The Balaban J connectivity index is 2.42. The van der Waals surface area contributed by atoms with Gasteiger partial charge in [-0.25, -0.2) is 4.79 Å². The van der Waals surface area contributed by atoms with Gasteiger partial charge < -0.3 is 20.5 Å². The van der Waals surface area contributed by atoms with Crippen LogP contribution < -0.4 is 15.4 Å². The van der Waals surface area contributed by atoms with E-state index in [4.69, 9.17) is 9.84 Å². The predicted molar refractivity (Wildman–Crippen MR) is 88.1 cm³/mol. The summed E-state index contributed by atoms with van der Waals surface area (Å²) in [6.45, 7) is 9.75. The zero-order valence-corrected chi connectivity index (χ0v) is 14.0. The molecule has 0 aromatic heterocycles. The lowest BCUT2D eigenvalue weighted by atomic mass is 9.90. The van der Waals surface area contributed by atoms with Crippen molar-refractivity contribution < 1.29 is 14.6 Å². The number of carbonyl (C=O) groups is 1. The number of amides is 2. The smallest absolute Gasteiger partial charge is 0.315 e. The highest BCUT2D eigenvalue weighted by molar-refractivity contribution is 5.73. The lowest BCUT2D eigenvalue weighted by molar-refractivity contribution is 0.201. The average Bonchev–Trinajstić information content (AvgIpc) is 2.46. The van der Waals surface area contributed by atoms with Crippen molar-refractivity contribution in [3.05, 3.63) is 29.3 Å². The molecule has 1 aromatic carbocycles. The number of aliphatic hydroxyl groups is 1. The molecule has 0 saturated heterocycles. The Morgan fingerprint density at radius 1 is 1.32 bits per heavy atom. The zero-order chi connectivity index (χ0) is 16.6. The third kappa shape index (κ3) is 6.35. The Bertz CT molecular complexity index is 487. The van der Waals surface area contributed by atoms with Gasteiger partial charge in [0.25, 0.3) is 0 Å². The standard InChI is InChI=1S/C17H28N2O3/c1-5-22-15-7-6-14(10-13(15)2)11-18-16(21)19-12-17(3,4)8-9-20/h6-7,10,20H,5,8-9,11-12H2,1-4H3,(H2,18,19,21). The first kappa shape index (κ1) is 18.3. The van der Waals surface area contributed by atoms with Crippen molar-refractivity contribution in [3.8, 4) is 5.75 Å². The molecular formula is C17H28N2O3. The van der Waals surface area contributed by atoms with Gasteiger partial charge in [0.15, 0.2) is 0 Å². The lowest BCUT2D eigenvalue weighted by Crippen LogP contribution is -2.40. The van der Waals surface area contributed by atoms with E-state index in [2.05, 4.69) is 10.6 Å². The van der Waals surface area contributed by atoms with Crippen LogP contribution in [0.3, 0.4) is 0 Å². The van der Waals surface area contributed by atoms with E-state index in [1.807, 2.05) is 45.9 Å². The molecule has 0 saturated carbocycles. The summed E-state index contributed by atoms with van der Waals surface area (Å²) in [5, 5.41) is 14.6. The normalized spacial score (nSPS) is 11.1. The second-order valence-electron chi connectivity index (χ2n) is 6.21. The number of ether oxygens (including phenoxy) is 1. The third-order valence-corrected chi connectivity index (χ3v) is 3.51. The summed E-state index contributed by atoms with van der Waals surface area (Å²) in [7, 11) is 0. The number of nitrogens with one attached hydrogen (secondary N) is 2. The summed E-state index contributed by atoms with van der Waals surface area (Å²) in [5.74, 6) is 0.876. The van der Waals surface area contributed by atoms with Crippen LogP contribution in [-0.4, -0.2) is 30.9 Å². The molecule has 0 unspecified atom stereocenters. The minimum Gasteiger partial charge on any atom is -0.494 e. The number of aryl methyl sites for hydroxylation is 1. The zero-order valence-electron chi connectivity index (χ0n) is 14.0. The maximum absolute atomic E-state index is 11.8. The van der Waals surface area contributed by atoms with Gasteiger partial charge in [0.05, 0.1) is 6.61 Å². The predicted octanol–water partition coefficient (Wildman–Crippen LogP) is 2.60. The maximum Gasteiger partial charge on any atom is 0.315 e. The Morgan fingerprint density at radius 3 is 2.64 bits per heavy atom. The summed E-state index contributed by atoms with van der Waals surface area (Å²) >= 11 is 0. The largest absolute Gasteiger partial charge is 0.494 e. The highest BCUT2D eigenvalue weighted by atomic mass is 16.5. The van der Waals surface area contributed by atoms with E-state index in [1.165, 1.54) is 0 Å². The summed E-state index contributed by atoms with van der Waals surface area (Å²) in [6.07, 6.45) is 0.658. The summed E-state index contributed by atoms with van der Waals surface area (Å²) in [4.78, 5) is 11.8. The third-order valence-electron chi connectivity index (χ3n) is 3.51. The van der Waals surface area contributed by atoms with Gasteiger partial charge in [-0.05, 0) is 42.9 Å². The molecule has 0 fully saturated rings. The van der Waals surface area contributed by atoms with Crippen LogP contribution in [0.4, 0.5) is 4.79 Å². The van der Waals surface area contributed by atoms with Crippen molar-refractivity contribution in [2.24, 2.45) is 5.41 Å². The van der Waals surface area contributed by atoms with Gasteiger partial charge in [0, 0.05) is 19.7 Å². The molecule has 1 aromatic rings. The number of rotatable bonds is 8. The molecule has 0 aliphatic rings. The highest BCUT2D eigenvalue weighted by Crippen LogP contribution is 2.19. The van der Waals surface area contributed by atoms with Crippen LogP contribution in [0.25, 0.3) is 0 Å². The van der Waals surface area contributed by atoms with Crippen LogP contribution in [0.5, 0.6) is 5.75 Å². The summed E-state index contributed by atoms with van der Waals surface area (Å²) in [5.41, 5.74) is 1.98. The molecule has 0 aliphatic carbocycles. The topological polar surface area (TPSA) is 70.6 Å². The molecule has 0 heterocycles. The number of aliphatic hydroxyl groups excluding tert-OH is 1. The number of carbonyl (C=O) groups excluding carboxylic acids is 1. The first-order chi connectivity index (χ1) is 10.4. The molecule has 0 spiro atoms. The van der Waals surface area contributed by atoms with Crippen molar-refractivity contribution in [1.29, 1.82) is 0 Å². The van der Waals surface area contributed by atoms with Gasteiger partial charge in [-0.3, -0.25) is 0 Å². The Hall–Kier alpha value is -1.75. The minimum absolute atomic E-state index is 0.109. The van der Waals surface area contributed by atoms with Crippen molar-refractivity contribution >= 4 is 6.03 Å². The van der Waals surface area contributed by atoms with Crippen molar-refractivity contribution in [2.75, 3.05) is 19.8 Å².